The lowest BCUT2D eigenvalue weighted by Gasteiger charge is -2.07. The number of carbonyl (C=O) groups is 2. The van der Waals surface area contributed by atoms with Gasteiger partial charge >= 0.3 is 11.9 Å². The molecule has 30 heavy (non-hydrogen) atoms. The molecule has 2 aromatic carbocycles. The minimum atomic E-state index is -1.01. The second kappa shape index (κ2) is 8.00. The maximum Gasteiger partial charge on any atom is 0.339 e. The number of esters is 1. The Kier molecular flexibility index (Phi) is 5.08. The summed E-state index contributed by atoms with van der Waals surface area (Å²) in [6.07, 6.45) is 3.20. The molecule has 4 aromatic rings. The predicted molar refractivity (Wildman–Crippen MR) is 106 cm³/mol. The van der Waals surface area contributed by atoms with Gasteiger partial charge in [0.15, 0.2) is 6.73 Å². The topological polar surface area (TPSA) is 127 Å². The first-order valence-corrected chi connectivity index (χ1v) is 8.97. The highest BCUT2D eigenvalue weighted by molar-refractivity contribution is 5.94. The maximum atomic E-state index is 12.4. The minimum Gasteiger partial charge on any atom is -0.478 e. The number of H-pyrrole nitrogens is 1. The summed E-state index contributed by atoms with van der Waals surface area (Å²) in [7, 11) is 0. The van der Waals surface area contributed by atoms with Crippen LogP contribution in [0.5, 0.6) is 0 Å². The van der Waals surface area contributed by atoms with E-state index >= 15 is 0 Å². The molecular formula is C21H16N4O5. The first kappa shape index (κ1) is 19.1. The molecule has 0 bridgehead atoms. The van der Waals surface area contributed by atoms with Crippen LogP contribution in [0.1, 0.15) is 31.8 Å². The Morgan fingerprint density at radius 3 is 2.40 bits per heavy atom. The van der Waals surface area contributed by atoms with Crippen LogP contribution < -0.4 is 5.56 Å². The zero-order chi connectivity index (χ0) is 21.1. The van der Waals surface area contributed by atoms with Gasteiger partial charge in [0.2, 0.25) is 0 Å². The van der Waals surface area contributed by atoms with Crippen molar-refractivity contribution >= 4 is 22.8 Å². The molecule has 0 aliphatic heterocycles. The van der Waals surface area contributed by atoms with Gasteiger partial charge in [0.05, 0.1) is 11.1 Å². The number of hydrogen-bond acceptors (Lipinski definition) is 6. The molecule has 0 radical (unpaired) electrons. The van der Waals surface area contributed by atoms with Crippen LogP contribution in [0.25, 0.3) is 10.9 Å². The van der Waals surface area contributed by atoms with Gasteiger partial charge in [-0.2, -0.15) is 0 Å². The molecular weight excluding hydrogens is 388 g/mol. The zero-order valence-corrected chi connectivity index (χ0v) is 15.6. The number of hydrogen-bond donors (Lipinski definition) is 2. The number of nitrogens with zero attached hydrogens (tertiary/aromatic N) is 3. The quantitative estimate of drug-likeness (QED) is 0.472. The first-order chi connectivity index (χ1) is 14.5. The molecule has 0 saturated heterocycles. The van der Waals surface area contributed by atoms with Crippen LogP contribution in [0.15, 0.2) is 66.0 Å². The van der Waals surface area contributed by atoms with Crippen LogP contribution in [0.4, 0.5) is 0 Å². The largest absolute Gasteiger partial charge is 0.478 e. The summed E-state index contributed by atoms with van der Waals surface area (Å²) in [5.41, 5.74) is 2.18. The number of aromatic nitrogens is 4. The molecule has 0 unspecified atom stereocenters. The van der Waals surface area contributed by atoms with Gasteiger partial charge in [-0.1, -0.05) is 12.1 Å². The van der Waals surface area contributed by atoms with Crippen molar-refractivity contribution in [2.45, 2.75) is 13.2 Å². The van der Waals surface area contributed by atoms with E-state index in [9.17, 15) is 14.4 Å². The smallest absolute Gasteiger partial charge is 0.339 e. The molecule has 4 rings (SSSR count). The van der Waals surface area contributed by atoms with Crippen LogP contribution in [0.3, 0.4) is 0 Å². The van der Waals surface area contributed by atoms with Crippen LogP contribution in [0, 0.1) is 0 Å². The highest BCUT2D eigenvalue weighted by Gasteiger charge is 2.11. The van der Waals surface area contributed by atoms with Crippen molar-refractivity contribution in [3.63, 3.8) is 0 Å². The van der Waals surface area contributed by atoms with Crippen LogP contribution >= 0.6 is 0 Å². The number of aromatic carboxylic acids is 1. The number of benzene rings is 2. The number of carbonyl (C=O) groups excluding carboxylic acids is 1. The number of fused-ring (bicyclic) bond motifs is 1. The van der Waals surface area contributed by atoms with Gasteiger partial charge in [-0.15, -0.1) is 10.2 Å². The Morgan fingerprint density at radius 1 is 1.00 bits per heavy atom. The Bertz CT molecular complexity index is 1280. The van der Waals surface area contributed by atoms with E-state index in [1.165, 1.54) is 29.4 Å². The zero-order valence-electron chi connectivity index (χ0n) is 15.6. The van der Waals surface area contributed by atoms with Crippen molar-refractivity contribution in [2.75, 3.05) is 0 Å². The molecule has 0 spiro atoms. The van der Waals surface area contributed by atoms with Gasteiger partial charge in [-0.05, 0) is 47.3 Å². The molecule has 0 saturated carbocycles. The van der Waals surface area contributed by atoms with Gasteiger partial charge in [-0.25, -0.2) is 9.59 Å². The van der Waals surface area contributed by atoms with Crippen molar-refractivity contribution in [2.24, 2.45) is 0 Å². The summed E-state index contributed by atoms with van der Waals surface area (Å²) in [5.74, 6) is -1.52. The Labute approximate surface area is 169 Å². The summed E-state index contributed by atoms with van der Waals surface area (Å²) in [6.45, 7) is -0.00686. The van der Waals surface area contributed by atoms with E-state index in [-0.39, 0.29) is 17.9 Å². The normalized spacial score (nSPS) is 10.8. The molecule has 0 aliphatic carbocycles. The maximum absolute atomic E-state index is 12.4. The third kappa shape index (κ3) is 4.09. The van der Waals surface area contributed by atoms with E-state index in [1.807, 2.05) is 0 Å². The fourth-order valence-corrected chi connectivity index (χ4v) is 3.00. The summed E-state index contributed by atoms with van der Waals surface area (Å²) in [6, 6.07) is 12.9. The van der Waals surface area contributed by atoms with Crippen molar-refractivity contribution < 1.29 is 19.4 Å². The van der Waals surface area contributed by atoms with Crippen molar-refractivity contribution in [1.29, 1.82) is 0 Å². The highest BCUT2D eigenvalue weighted by atomic mass is 16.5. The molecule has 2 aromatic heterocycles. The Hall–Kier alpha value is -4.27. The van der Waals surface area contributed by atoms with Gasteiger partial charge in [0.25, 0.3) is 5.56 Å². The fraction of sp³-hybridized carbons (Fsp3) is 0.0952. The monoisotopic (exact) mass is 404 g/mol. The number of ether oxygens (including phenoxy) is 1. The Balaban J connectivity index is 1.57. The molecule has 0 aliphatic rings. The van der Waals surface area contributed by atoms with E-state index in [1.54, 1.807) is 36.4 Å². The summed E-state index contributed by atoms with van der Waals surface area (Å²) >= 11 is 0. The minimum absolute atomic E-state index is 0.00686. The highest BCUT2D eigenvalue weighted by Crippen LogP contribution is 2.17. The third-order valence-electron chi connectivity index (χ3n) is 4.56. The van der Waals surface area contributed by atoms with Gasteiger partial charge in [-0.3, -0.25) is 9.36 Å². The van der Waals surface area contributed by atoms with Gasteiger partial charge in [0, 0.05) is 17.5 Å². The second-order valence-corrected chi connectivity index (χ2v) is 6.64. The number of aromatic amines is 1. The average Bonchev–Trinajstić information content (AvgIpc) is 3.26. The van der Waals surface area contributed by atoms with E-state index in [0.29, 0.717) is 28.5 Å². The van der Waals surface area contributed by atoms with E-state index < -0.39 is 11.9 Å². The lowest BCUT2D eigenvalue weighted by molar-refractivity contribution is 0.0371. The number of pyridine rings is 1. The van der Waals surface area contributed by atoms with Crippen molar-refractivity contribution in [1.82, 2.24) is 19.7 Å². The summed E-state index contributed by atoms with van der Waals surface area (Å²) in [4.78, 5) is 38.5. The lowest BCUT2D eigenvalue weighted by Crippen LogP contribution is -2.13. The van der Waals surface area contributed by atoms with Crippen LogP contribution in [-0.2, 0) is 17.9 Å². The molecule has 9 heteroatoms. The molecule has 2 heterocycles. The van der Waals surface area contributed by atoms with Crippen molar-refractivity contribution in [3.8, 4) is 0 Å². The number of carboxylic acids is 1. The molecule has 0 fully saturated rings. The first-order valence-electron chi connectivity index (χ1n) is 8.97. The molecule has 2 N–H and O–H groups in total. The molecule has 150 valence electrons. The molecule has 0 amide bonds. The predicted octanol–water partition coefficient (Wildman–Crippen LogP) is 2.22. The van der Waals surface area contributed by atoms with Crippen molar-refractivity contribution in [3.05, 3.63) is 93.8 Å². The Morgan fingerprint density at radius 2 is 1.70 bits per heavy atom. The average molecular weight is 404 g/mol. The molecule has 9 nitrogen and oxygen atoms in total. The SMILES string of the molecule is O=C(O)c1ccc(Cc2cc3cc(C(=O)OCn4cnnc4)ccc3[nH]c2=O)cc1. The van der Waals surface area contributed by atoms with Gasteiger partial charge < -0.3 is 14.8 Å². The fourth-order valence-electron chi connectivity index (χ4n) is 3.00. The lowest BCUT2D eigenvalue weighted by atomic mass is 10.0. The third-order valence-corrected chi connectivity index (χ3v) is 4.56. The van der Waals surface area contributed by atoms with E-state index in [4.69, 9.17) is 9.84 Å². The number of carboxylic acid groups (broad SMARTS) is 1. The van der Waals surface area contributed by atoms with E-state index in [2.05, 4.69) is 15.2 Å². The van der Waals surface area contributed by atoms with E-state index in [0.717, 1.165) is 5.56 Å². The summed E-state index contributed by atoms with van der Waals surface area (Å²) < 4.78 is 6.74. The number of nitrogens with one attached hydrogen (secondary N) is 1. The second-order valence-electron chi connectivity index (χ2n) is 6.64. The molecule has 0 atom stereocenters. The number of rotatable bonds is 6. The van der Waals surface area contributed by atoms with Crippen LogP contribution in [-0.4, -0.2) is 36.8 Å². The standard InChI is InChI=1S/C21H16N4O5/c26-19-17(7-13-1-3-14(4-2-13)20(27)28)9-16-8-15(5-6-18(16)24-19)21(29)30-12-25-10-22-23-11-25/h1-6,8-11H,7,12H2,(H,24,26)(H,27,28). The van der Waals surface area contributed by atoms with Crippen LogP contribution in [0.2, 0.25) is 0 Å². The van der Waals surface area contributed by atoms with Gasteiger partial charge in [0.1, 0.15) is 12.7 Å². The summed E-state index contributed by atoms with van der Waals surface area (Å²) in [5, 5.41) is 17.0.